The van der Waals surface area contributed by atoms with Crippen molar-refractivity contribution in [2.75, 3.05) is 26.2 Å². The van der Waals surface area contributed by atoms with Crippen molar-refractivity contribution in [3.63, 3.8) is 0 Å². The topological polar surface area (TPSA) is 444 Å². The van der Waals surface area contributed by atoms with Crippen molar-refractivity contribution in [3.8, 4) is 0 Å². The number of primary amides is 1. The fourth-order valence-corrected chi connectivity index (χ4v) is 7.06. The Bertz CT molecular complexity index is 1750. The molecule has 1 fully saturated rings. The third-order valence-electron chi connectivity index (χ3n) is 11.1. The van der Waals surface area contributed by atoms with E-state index in [4.69, 9.17) is 34.1 Å². The summed E-state index contributed by atoms with van der Waals surface area (Å²) < 4.78 is 0. The molecule has 0 aromatic heterocycles. The summed E-state index contributed by atoms with van der Waals surface area (Å²) in [4.78, 5) is 132. The number of nitrogens with two attached hydrogens (primary N) is 5. The maximum absolute atomic E-state index is 14.1. The molecule has 1 saturated heterocycles. The number of hydrogen-bond donors (Lipinski definition) is 15. The number of nitrogens with one attached hydrogen (secondary N) is 9. The van der Waals surface area contributed by atoms with Crippen LogP contribution in [0.5, 0.6) is 0 Å². The van der Waals surface area contributed by atoms with E-state index in [0.29, 0.717) is 38.6 Å². The second kappa shape index (κ2) is 31.0. The monoisotopic (exact) mass is 968 g/mol. The van der Waals surface area contributed by atoms with Crippen molar-refractivity contribution in [2.24, 2.45) is 34.6 Å². The molecule has 9 amide bonds. The minimum Gasteiger partial charge on any atom is -0.480 e. The molecule has 26 heteroatoms. The second-order valence-corrected chi connectivity index (χ2v) is 17.3. The minimum atomic E-state index is -1.45. The molecule has 26 nitrogen and oxygen atoms in total. The molecule has 0 aliphatic carbocycles. The SMILES string of the molecule is CC(C)[C@H](NC(=O)[C@H](CCCCN)NC(=O)[C@H](CCCNC(=N)N)NC(=O)[C@@H]1CCCN1C(=O)[C@H](CCCCN)NC(=O)[C@H](C)N)C(=O)N[C@@H](C)C(=O)N[C@@H](C)C(=O)N[C@H](CCC(N)=O)C(=O)O. The molecule has 0 unspecified atom stereocenters. The number of carbonyl (C=O) groups is 10. The number of nitrogens with zero attached hydrogens (tertiary/aromatic N) is 1. The molecule has 1 aliphatic heterocycles. The van der Waals surface area contributed by atoms with Gasteiger partial charge < -0.3 is 81.2 Å². The van der Waals surface area contributed by atoms with Gasteiger partial charge in [-0.2, -0.15) is 0 Å². The van der Waals surface area contributed by atoms with Crippen LogP contribution >= 0.6 is 0 Å². The molecule has 20 N–H and O–H groups in total. The molecular weight excluding hydrogens is 891 g/mol. The summed E-state index contributed by atoms with van der Waals surface area (Å²) in [7, 11) is 0. The van der Waals surface area contributed by atoms with E-state index in [1.807, 2.05) is 0 Å². The first-order valence-corrected chi connectivity index (χ1v) is 23.1. The van der Waals surface area contributed by atoms with Crippen LogP contribution in [-0.2, 0) is 47.9 Å². The van der Waals surface area contributed by atoms with E-state index >= 15 is 0 Å². The molecule has 0 saturated carbocycles. The van der Waals surface area contributed by atoms with Gasteiger partial charge in [0.2, 0.25) is 53.2 Å². The Morgan fingerprint density at radius 1 is 0.618 bits per heavy atom. The standard InChI is InChI=1S/C42H77N15O11/c1-22(2)32(39(65)51-24(4)34(60)50-25(5)35(61)55-29(41(67)68)16-17-31(46)58)56-37(63)26(12-6-8-18-43)52-36(62)27(14-10-20-49-42(47)48)53-38(64)30-15-11-21-57(30)40(66)28(13-7-9-19-44)54-33(59)23(3)45/h22-30,32H,6-21,43-45H2,1-5H3,(H2,46,58)(H,50,60)(H,51,65)(H,52,62)(H,53,64)(H,54,59)(H,55,61)(H,56,63)(H,67,68)(H4,47,48,49)/t23-,24-,25-,26-,27-,28-,29+,30-,32-/m0/s1. The number of unbranched alkanes of at least 4 members (excludes halogenated alkanes) is 2. The zero-order chi connectivity index (χ0) is 51.7. The van der Waals surface area contributed by atoms with Gasteiger partial charge in [0.15, 0.2) is 5.96 Å². The molecule has 1 heterocycles. The number of carboxylic acid groups (broad SMARTS) is 1. The lowest BCUT2D eigenvalue weighted by atomic mass is 10.0. The van der Waals surface area contributed by atoms with Gasteiger partial charge in [0, 0.05) is 19.5 Å². The molecule has 0 radical (unpaired) electrons. The Morgan fingerprint density at radius 3 is 1.65 bits per heavy atom. The van der Waals surface area contributed by atoms with E-state index in [9.17, 15) is 53.1 Å². The van der Waals surface area contributed by atoms with E-state index in [-0.39, 0.29) is 70.5 Å². The first kappa shape index (κ1) is 59.9. The molecule has 1 aliphatic rings. The number of carboxylic acids is 1. The van der Waals surface area contributed by atoms with Crippen LogP contribution in [0.2, 0.25) is 0 Å². The van der Waals surface area contributed by atoms with Gasteiger partial charge in [0.05, 0.1) is 6.04 Å². The smallest absolute Gasteiger partial charge is 0.326 e. The van der Waals surface area contributed by atoms with Gasteiger partial charge in [-0.25, -0.2) is 4.79 Å². The van der Waals surface area contributed by atoms with E-state index in [1.54, 1.807) is 13.8 Å². The zero-order valence-electron chi connectivity index (χ0n) is 40.0. The largest absolute Gasteiger partial charge is 0.480 e. The lowest BCUT2D eigenvalue weighted by Gasteiger charge is -2.31. The van der Waals surface area contributed by atoms with Crippen molar-refractivity contribution in [3.05, 3.63) is 0 Å². The number of rotatable bonds is 32. The van der Waals surface area contributed by atoms with Crippen LogP contribution in [0.1, 0.15) is 112 Å². The average Bonchev–Trinajstić information content (AvgIpc) is 3.76. The summed E-state index contributed by atoms with van der Waals surface area (Å²) in [6, 6.07) is -10.6. The van der Waals surface area contributed by atoms with Crippen molar-refractivity contribution < 1.29 is 53.1 Å². The predicted molar refractivity (Wildman–Crippen MR) is 249 cm³/mol. The highest BCUT2D eigenvalue weighted by Crippen LogP contribution is 2.21. The summed E-state index contributed by atoms with van der Waals surface area (Å²) in [5.74, 6) is -8.73. The molecule has 1 rings (SSSR count). The lowest BCUT2D eigenvalue weighted by molar-refractivity contribution is -0.142. The van der Waals surface area contributed by atoms with Gasteiger partial charge in [-0.1, -0.05) is 13.8 Å². The second-order valence-electron chi connectivity index (χ2n) is 17.3. The maximum atomic E-state index is 14.1. The molecule has 0 spiro atoms. The fraction of sp³-hybridized carbons (Fsp3) is 0.738. The number of carbonyl (C=O) groups excluding carboxylic acids is 9. The number of amides is 9. The normalized spacial score (nSPS) is 16.8. The molecule has 0 aromatic carbocycles. The van der Waals surface area contributed by atoms with Crippen LogP contribution in [0.15, 0.2) is 0 Å². The fourth-order valence-electron chi connectivity index (χ4n) is 7.06. The first-order valence-electron chi connectivity index (χ1n) is 23.1. The van der Waals surface area contributed by atoms with E-state index in [1.165, 1.54) is 25.7 Å². The Hall–Kier alpha value is -6.15. The van der Waals surface area contributed by atoms with Crippen LogP contribution in [0.3, 0.4) is 0 Å². The summed E-state index contributed by atoms with van der Waals surface area (Å²) in [6.45, 7) is 8.36. The Labute approximate surface area is 397 Å². The highest BCUT2D eigenvalue weighted by atomic mass is 16.4. The van der Waals surface area contributed by atoms with Crippen molar-refractivity contribution >= 4 is 65.1 Å². The number of likely N-dealkylation sites (tertiary alicyclic amines) is 1. The zero-order valence-corrected chi connectivity index (χ0v) is 40.0. The van der Waals surface area contributed by atoms with Crippen molar-refractivity contribution in [1.29, 1.82) is 5.41 Å². The first-order chi connectivity index (χ1) is 31.9. The molecule has 386 valence electrons. The summed E-state index contributed by atoms with van der Waals surface area (Å²) in [6.07, 6.45) is 2.67. The molecule has 68 heavy (non-hydrogen) atoms. The van der Waals surface area contributed by atoms with Gasteiger partial charge >= 0.3 is 5.97 Å². The Balaban J connectivity index is 3.26. The van der Waals surface area contributed by atoms with E-state index < -0.39 is 119 Å². The average molecular weight is 968 g/mol. The van der Waals surface area contributed by atoms with E-state index in [0.717, 1.165) is 0 Å². The molecular formula is C42H77N15O11. The van der Waals surface area contributed by atoms with Crippen molar-refractivity contribution in [2.45, 2.75) is 166 Å². The Morgan fingerprint density at radius 2 is 1.12 bits per heavy atom. The number of aliphatic carboxylic acids is 1. The van der Waals surface area contributed by atoms with Gasteiger partial charge in [-0.05, 0) is 110 Å². The highest BCUT2D eigenvalue weighted by Gasteiger charge is 2.40. The highest BCUT2D eigenvalue weighted by molar-refractivity contribution is 5.98. The lowest BCUT2D eigenvalue weighted by Crippen LogP contribution is -2.60. The third-order valence-corrected chi connectivity index (χ3v) is 11.1. The number of hydrogen-bond acceptors (Lipinski definition) is 14. The van der Waals surface area contributed by atoms with Gasteiger partial charge in [-0.3, -0.25) is 48.6 Å². The Kier molecular flexibility index (Phi) is 27.3. The van der Waals surface area contributed by atoms with Gasteiger partial charge in [0.1, 0.15) is 48.3 Å². The molecule has 0 aromatic rings. The summed E-state index contributed by atoms with van der Waals surface area (Å²) in [5.41, 5.74) is 27.7. The van der Waals surface area contributed by atoms with E-state index in [2.05, 4.69) is 42.5 Å². The quantitative estimate of drug-likeness (QED) is 0.0171. The van der Waals surface area contributed by atoms with Crippen LogP contribution in [0.25, 0.3) is 0 Å². The molecule has 9 atom stereocenters. The van der Waals surface area contributed by atoms with Gasteiger partial charge in [0.25, 0.3) is 0 Å². The third kappa shape index (κ3) is 21.6. The van der Waals surface area contributed by atoms with Crippen LogP contribution in [0, 0.1) is 11.3 Å². The summed E-state index contributed by atoms with van der Waals surface area (Å²) in [5, 5.41) is 37.4. The number of guanidine groups is 1. The summed E-state index contributed by atoms with van der Waals surface area (Å²) >= 11 is 0. The van der Waals surface area contributed by atoms with Gasteiger partial charge in [-0.15, -0.1) is 0 Å². The predicted octanol–water partition coefficient (Wildman–Crippen LogP) is -4.71. The van der Waals surface area contributed by atoms with Crippen LogP contribution in [-0.4, -0.2) is 156 Å². The van der Waals surface area contributed by atoms with Crippen molar-refractivity contribution in [1.82, 2.24) is 47.4 Å². The minimum absolute atomic E-state index is 0.00844. The molecule has 0 bridgehead atoms. The maximum Gasteiger partial charge on any atom is 0.326 e. The van der Waals surface area contributed by atoms with Crippen LogP contribution in [0.4, 0.5) is 0 Å². The van der Waals surface area contributed by atoms with Crippen LogP contribution < -0.4 is 71.2 Å².